The molecule has 0 aromatic carbocycles. The number of amides is 4. The molecule has 0 aliphatic carbocycles. The Morgan fingerprint density at radius 3 is 1.59 bits per heavy atom. The third-order valence-electron chi connectivity index (χ3n) is 4.69. The summed E-state index contributed by atoms with van der Waals surface area (Å²) >= 11 is 0. The van der Waals surface area contributed by atoms with Crippen LogP contribution in [0.5, 0.6) is 0 Å². The van der Waals surface area contributed by atoms with Gasteiger partial charge >= 0.3 is 18.3 Å². The Bertz CT molecular complexity index is 610. The van der Waals surface area contributed by atoms with Gasteiger partial charge in [0.2, 0.25) is 5.91 Å². The summed E-state index contributed by atoms with van der Waals surface area (Å²) in [4.78, 5) is 46.0. The van der Waals surface area contributed by atoms with Crippen molar-refractivity contribution in [1.82, 2.24) is 10.6 Å². The van der Waals surface area contributed by atoms with E-state index in [0.29, 0.717) is 38.8 Å². The van der Waals surface area contributed by atoms with E-state index in [1.807, 2.05) is 0 Å². The van der Waals surface area contributed by atoms with Crippen molar-refractivity contribution in [2.24, 2.45) is 28.7 Å². The molecule has 0 aliphatic heterocycles. The fraction of sp³-hybridized carbons (Fsp3) is 0.800. The van der Waals surface area contributed by atoms with E-state index in [2.05, 4.69) is 10.6 Å². The molecule has 14 heteroatoms. The highest BCUT2D eigenvalue weighted by molar-refractivity contribution is 5.73. The van der Waals surface area contributed by atoms with Crippen molar-refractivity contribution >= 4 is 24.2 Å². The highest BCUT2D eigenvalue weighted by atomic mass is 16.6. The van der Waals surface area contributed by atoms with Crippen molar-refractivity contribution in [3.05, 3.63) is 0 Å². The van der Waals surface area contributed by atoms with Gasteiger partial charge in [0.05, 0.1) is 12.1 Å². The van der Waals surface area contributed by atoms with Crippen molar-refractivity contribution in [2.75, 3.05) is 32.9 Å². The maximum atomic E-state index is 12.2. The minimum absolute atomic E-state index is 0.0918. The van der Waals surface area contributed by atoms with Crippen LogP contribution in [0.4, 0.5) is 14.4 Å². The summed E-state index contributed by atoms with van der Waals surface area (Å²) in [5, 5.41) is 5.25. The number of alkyl carbamates (subject to hydrolysis) is 2. The SMILES string of the molecule is NCCCC[C@@H](COC(N)=O)NC(=O)OC[C@H](CCCCN)NC(=O)OC[C@H](N)CCC(N)=O. The molecule has 3 atom stereocenters. The van der Waals surface area contributed by atoms with Gasteiger partial charge in [-0.15, -0.1) is 0 Å². The topological polar surface area (TPSA) is 250 Å². The molecule has 0 aromatic heterocycles. The summed E-state index contributed by atoms with van der Waals surface area (Å²) in [6.07, 6.45) is 1.85. The first kappa shape index (κ1) is 31.2. The highest BCUT2D eigenvalue weighted by Crippen LogP contribution is 2.05. The van der Waals surface area contributed by atoms with Crippen LogP contribution in [0.25, 0.3) is 0 Å². The number of nitrogens with two attached hydrogens (primary N) is 5. The molecule has 12 N–H and O–H groups in total. The number of ether oxygens (including phenoxy) is 3. The number of nitrogens with one attached hydrogen (secondary N) is 2. The first-order chi connectivity index (χ1) is 16.2. The molecule has 0 saturated heterocycles. The molecule has 0 spiro atoms. The van der Waals surface area contributed by atoms with E-state index >= 15 is 0 Å². The van der Waals surface area contributed by atoms with Gasteiger partial charge in [-0.1, -0.05) is 12.8 Å². The summed E-state index contributed by atoms with van der Waals surface area (Å²) in [6.45, 7) is 0.662. The largest absolute Gasteiger partial charge is 0.448 e. The first-order valence-corrected chi connectivity index (χ1v) is 11.4. The molecule has 0 bridgehead atoms. The molecule has 198 valence electrons. The number of hydrogen-bond donors (Lipinski definition) is 7. The maximum Gasteiger partial charge on any atom is 0.407 e. The molecule has 4 amide bonds. The van der Waals surface area contributed by atoms with Gasteiger partial charge in [0, 0.05) is 12.5 Å². The van der Waals surface area contributed by atoms with Gasteiger partial charge in [-0.25, -0.2) is 14.4 Å². The monoisotopic (exact) mass is 491 g/mol. The maximum absolute atomic E-state index is 12.2. The Morgan fingerprint density at radius 2 is 1.15 bits per heavy atom. The predicted molar refractivity (Wildman–Crippen MR) is 124 cm³/mol. The van der Waals surface area contributed by atoms with Crippen molar-refractivity contribution in [3.63, 3.8) is 0 Å². The lowest BCUT2D eigenvalue weighted by atomic mass is 10.1. The molecular formula is C20H41N7O7. The zero-order chi connectivity index (χ0) is 25.8. The zero-order valence-electron chi connectivity index (χ0n) is 19.7. The van der Waals surface area contributed by atoms with Crippen molar-refractivity contribution in [3.8, 4) is 0 Å². The smallest absolute Gasteiger partial charge is 0.407 e. The lowest BCUT2D eigenvalue weighted by Crippen LogP contribution is -2.44. The lowest BCUT2D eigenvalue weighted by molar-refractivity contribution is -0.118. The molecule has 0 fully saturated rings. The van der Waals surface area contributed by atoms with Gasteiger partial charge in [-0.2, -0.15) is 0 Å². The van der Waals surface area contributed by atoms with Gasteiger partial charge < -0.3 is 53.5 Å². The van der Waals surface area contributed by atoms with Crippen molar-refractivity contribution in [1.29, 1.82) is 0 Å². The second-order valence-corrected chi connectivity index (χ2v) is 7.84. The van der Waals surface area contributed by atoms with Crippen LogP contribution in [0.15, 0.2) is 0 Å². The molecule has 0 aromatic rings. The van der Waals surface area contributed by atoms with Crippen LogP contribution in [0.3, 0.4) is 0 Å². The second kappa shape index (κ2) is 19.6. The third-order valence-corrected chi connectivity index (χ3v) is 4.69. The normalized spacial score (nSPS) is 13.3. The Balaban J connectivity index is 4.65. The van der Waals surface area contributed by atoms with Gasteiger partial charge in [0.15, 0.2) is 0 Å². The molecule has 0 aliphatic rings. The third kappa shape index (κ3) is 18.7. The number of hydrogen-bond acceptors (Lipinski definition) is 10. The minimum Gasteiger partial charge on any atom is -0.448 e. The van der Waals surface area contributed by atoms with Gasteiger partial charge in [-0.3, -0.25) is 4.79 Å². The number of rotatable bonds is 19. The van der Waals surface area contributed by atoms with E-state index in [4.69, 9.17) is 42.9 Å². The van der Waals surface area contributed by atoms with Crippen molar-refractivity contribution < 1.29 is 33.4 Å². The average molecular weight is 492 g/mol. The fourth-order valence-electron chi connectivity index (χ4n) is 2.83. The van der Waals surface area contributed by atoms with Gasteiger partial charge in [0.1, 0.15) is 19.8 Å². The molecular weight excluding hydrogens is 450 g/mol. The van der Waals surface area contributed by atoms with Crippen LogP contribution in [0, 0.1) is 0 Å². The quantitative estimate of drug-likeness (QED) is 0.0867. The predicted octanol–water partition coefficient (Wildman–Crippen LogP) is -0.878. The first-order valence-electron chi connectivity index (χ1n) is 11.4. The second-order valence-electron chi connectivity index (χ2n) is 7.84. The Hall–Kier alpha value is -2.84. The average Bonchev–Trinajstić information content (AvgIpc) is 2.78. The van der Waals surface area contributed by atoms with Crippen LogP contribution in [0.2, 0.25) is 0 Å². The number of carbonyl (C=O) groups is 4. The summed E-state index contributed by atoms with van der Waals surface area (Å²) in [7, 11) is 0. The van der Waals surface area contributed by atoms with E-state index in [-0.39, 0.29) is 32.7 Å². The molecule has 0 heterocycles. The summed E-state index contributed by atoms with van der Waals surface area (Å²) in [5.74, 6) is -0.488. The van der Waals surface area contributed by atoms with Crippen LogP contribution < -0.4 is 39.3 Å². The van der Waals surface area contributed by atoms with Crippen molar-refractivity contribution in [2.45, 2.75) is 69.5 Å². The van der Waals surface area contributed by atoms with Crippen LogP contribution in [-0.2, 0) is 19.0 Å². The fourth-order valence-corrected chi connectivity index (χ4v) is 2.83. The molecule has 0 unspecified atom stereocenters. The van der Waals surface area contributed by atoms with E-state index in [9.17, 15) is 19.2 Å². The van der Waals surface area contributed by atoms with E-state index in [1.54, 1.807) is 0 Å². The number of carbonyl (C=O) groups excluding carboxylic acids is 4. The molecule has 14 nitrogen and oxygen atoms in total. The van der Waals surface area contributed by atoms with Crippen LogP contribution >= 0.6 is 0 Å². The summed E-state index contributed by atoms with van der Waals surface area (Å²) in [6, 6.07) is -1.55. The molecule has 0 radical (unpaired) electrons. The molecule has 34 heavy (non-hydrogen) atoms. The lowest BCUT2D eigenvalue weighted by Gasteiger charge is -2.21. The Labute approximate surface area is 199 Å². The highest BCUT2D eigenvalue weighted by Gasteiger charge is 2.19. The summed E-state index contributed by atoms with van der Waals surface area (Å²) < 4.78 is 15.1. The van der Waals surface area contributed by atoms with Crippen LogP contribution in [0.1, 0.15) is 51.4 Å². The number of primary amides is 2. The van der Waals surface area contributed by atoms with E-state index < -0.39 is 42.3 Å². The minimum atomic E-state index is -0.948. The van der Waals surface area contributed by atoms with Gasteiger partial charge in [0.25, 0.3) is 0 Å². The molecule has 0 rings (SSSR count). The van der Waals surface area contributed by atoms with E-state index in [0.717, 1.165) is 12.8 Å². The molecule has 0 saturated carbocycles. The van der Waals surface area contributed by atoms with Crippen LogP contribution in [-0.4, -0.2) is 75.2 Å². The standard InChI is InChI=1S/C20H41N7O7/c21-9-3-1-5-15(12-32-18(25)29)26-20(31)34-13-16(6-2-4-10-22)27-19(30)33-11-14(23)7-8-17(24)28/h14-16H,1-13,21-23H2,(H2,24,28)(H2,25,29)(H,26,31)(H,27,30)/t14-,15+,16+/m1/s1. The number of unbranched alkanes of at least 4 members (excludes halogenated alkanes) is 2. The Kier molecular flexibility index (Phi) is 18.0. The van der Waals surface area contributed by atoms with E-state index in [1.165, 1.54) is 0 Å². The summed E-state index contributed by atoms with van der Waals surface area (Å²) in [5.41, 5.74) is 26.8. The van der Waals surface area contributed by atoms with Gasteiger partial charge in [-0.05, 0) is 45.2 Å². The Morgan fingerprint density at radius 1 is 0.676 bits per heavy atom. The zero-order valence-corrected chi connectivity index (χ0v) is 19.7.